The van der Waals surface area contributed by atoms with Crippen LogP contribution in [0.1, 0.15) is 83.1 Å². The van der Waals surface area contributed by atoms with E-state index in [1.165, 1.54) is 15.9 Å². The van der Waals surface area contributed by atoms with Gasteiger partial charge in [0.05, 0.1) is 26.0 Å². The molecule has 230 valence electrons. The summed E-state index contributed by atoms with van der Waals surface area (Å²) in [6.45, 7) is 28.9. The lowest BCUT2D eigenvalue weighted by Gasteiger charge is -2.33. The molecule has 0 radical (unpaired) electrons. The normalized spacial score (nSPS) is 13.1. The number of hydrogen-bond donors (Lipinski definition) is 0. The van der Waals surface area contributed by atoms with E-state index < -0.39 is 7.26 Å². The summed E-state index contributed by atoms with van der Waals surface area (Å²) in [4.78, 5) is 0. The molecular weight excluding hydrogens is 535 g/mol. The SMILES string of the molecule is CC(C)(C)COc1ccc([P+](CC(C)(C)C)(c2ccc(OCC(C)(C)C)cc2)c2ccc(OCC(C)(C)C)cc2)cc1. The van der Waals surface area contributed by atoms with Gasteiger partial charge in [0.1, 0.15) is 40.4 Å². The molecule has 0 heterocycles. The van der Waals surface area contributed by atoms with Crippen molar-refractivity contribution in [2.45, 2.75) is 83.1 Å². The fourth-order valence-electron chi connectivity index (χ4n) is 4.72. The van der Waals surface area contributed by atoms with E-state index in [4.69, 9.17) is 14.2 Å². The number of benzene rings is 3. The first-order chi connectivity index (χ1) is 19.3. The average Bonchev–Trinajstić information content (AvgIpc) is 2.87. The molecule has 3 aromatic carbocycles. The van der Waals surface area contributed by atoms with Crippen LogP contribution in [0.25, 0.3) is 0 Å². The Morgan fingerprint density at radius 1 is 0.381 bits per heavy atom. The summed E-state index contributed by atoms with van der Waals surface area (Å²) in [5.74, 6) is 2.75. The quantitative estimate of drug-likeness (QED) is 0.220. The van der Waals surface area contributed by atoms with Gasteiger partial charge in [-0.25, -0.2) is 0 Å². The molecule has 0 atom stereocenters. The van der Waals surface area contributed by atoms with Crippen molar-refractivity contribution in [3.63, 3.8) is 0 Å². The van der Waals surface area contributed by atoms with Crippen LogP contribution in [0.4, 0.5) is 0 Å². The van der Waals surface area contributed by atoms with Crippen molar-refractivity contribution in [3.8, 4) is 17.2 Å². The number of ether oxygens (including phenoxy) is 3. The smallest absolute Gasteiger partial charge is 0.119 e. The van der Waals surface area contributed by atoms with E-state index in [0.29, 0.717) is 19.8 Å². The third-order valence-corrected chi connectivity index (χ3v) is 11.5. The fraction of sp³-hybridized carbons (Fsp3) is 0.526. The van der Waals surface area contributed by atoms with Gasteiger partial charge in [-0.2, -0.15) is 0 Å². The molecule has 3 aromatic rings. The summed E-state index contributed by atoms with van der Waals surface area (Å²) >= 11 is 0. The molecule has 0 bridgehead atoms. The number of rotatable bonds is 10. The van der Waals surface area contributed by atoms with Crippen LogP contribution >= 0.6 is 7.26 Å². The summed E-state index contributed by atoms with van der Waals surface area (Å²) < 4.78 is 18.5. The topological polar surface area (TPSA) is 27.7 Å². The summed E-state index contributed by atoms with van der Waals surface area (Å²) in [6, 6.07) is 26.7. The van der Waals surface area contributed by atoms with E-state index >= 15 is 0 Å². The summed E-state index contributed by atoms with van der Waals surface area (Å²) in [6.07, 6.45) is 1.03. The average molecular weight is 592 g/mol. The van der Waals surface area contributed by atoms with Crippen LogP contribution in [0.15, 0.2) is 72.8 Å². The van der Waals surface area contributed by atoms with Gasteiger partial charge >= 0.3 is 0 Å². The Kier molecular flexibility index (Phi) is 10.5. The van der Waals surface area contributed by atoms with Crippen molar-refractivity contribution in [3.05, 3.63) is 72.8 Å². The van der Waals surface area contributed by atoms with Gasteiger partial charge in [0.25, 0.3) is 0 Å². The zero-order valence-electron chi connectivity index (χ0n) is 28.4. The molecule has 0 aliphatic carbocycles. The first-order valence-electron chi connectivity index (χ1n) is 15.3. The van der Waals surface area contributed by atoms with Gasteiger partial charge in [0.15, 0.2) is 0 Å². The molecule has 0 saturated carbocycles. The molecule has 3 rings (SSSR count). The van der Waals surface area contributed by atoms with E-state index in [2.05, 4.69) is 156 Å². The summed E-state index contributed by atoms with van der Waals surface area (Å²) in [5, 5.41) is 4.06. The standard InChI is InChI=1S/C38H56O3P/c1-35(2,3)25-39-29-13-19-32(20-14-29)42(28-38(10,11)12,33-21-15-30(16-22-33)40-26-36(4,5)6)34-23-17-31(18-24-34)41-27-37(7,8)9/h13-24H,25-28H2,1-12H3/q+1. The molecule has 4 heteroatoms. The zero-order valence-corrected chi connectivity index (χ0v) is 29.3. The Labute approximate surface area is 257 Å². The highest BCUT2D eigenvalue weighted by Crippen LogP contribution is 2.59. The van der Waals surface area contributed by atoms with Crippen LogP contribution < -0.4 is 30.1 Å². The Bertz CT molecular complexity index is 1100. The summed E-state index contributed by atoms with van der Waals surface area (Å²) in [7, 11) is -2.06. The molecule has 0 unspecified atom stereocenters. The predicted octanol–water partition coefficient (Wildman–Crippen LogP) is 9.30. The first-order valence-corrected chi connectivity index (χ1v) is 17.3. The van der Waals surface area contributed by atoms with Gasteiger partial charge in [-0.3, -0.25) is 0 Å². The number of hydrogen-bond acceptors (Lipinski definition) is 3. The van der Waals surface area contributed by atoms with Crippen molar-refractivity contribution in [2.75, 3.05) is 26.0 Å². The van der Waals surface area contributed by atoms with Crippen molar-refractivity contribution in [2.24, 2.45) is 21.7 Å². The van der Waals surface area contributed by atoms with Gasteiger partial charge in [-0.1, -0.05) is 83.1 Å². The van der Waals surface area contributed by atoms with Crippen LogP contribution in [0.2, 0.25) is 0 Å². The second kappa shape index (κ2) is 13.0. The Balaban J connectivity index is 2.13. The van der Waals surface area contributed by atoms with Crippen LogP contribution in [0, 0.1) is 21.7 Å². The highest BCUT2D eigenvalue weighted by molar-refractivity contribution is 7.95. The van der Waals surface area contributed by atoms with Crippen LogP contribution in [-0.4, -0.2) is 26.0 Å². The van der Waals surface area contributed by atoms with Gasteiger partial charge < -0.3 is 14.2 Å². The highest BCUT2D eigenvalue weighted by atomic mass is 31.2. The van der Waals surface area contributed by atoms with E-state index in [0.717, 1.165) is 23.4 Å². The minimum absolute atomic E-state index is 0.0952. The lowest BCUT2D eigenvalue weighted by Crippen LogP contribution is -2.37. The van der Waals surface area contributed by atoms with Gasteiger partial charge in [-0.05, 0) is 94.5 Å². The third-order valence-electron chi connectivity index (χ3n) is 6.56. The Hall–Kier alpha value is -2.51. The van der Waals surface area contributed by atoms with Gasteiger partial charge in [-0.15, -0.1) is 0 Å². The largest absolute Gasteiger partial charge is 0.493 e. The molecular formula is C38H56O3P+. The minimum Gasteiger partial charge on any atom is -0.493 e. The summed E-state index contributed by atoms with van der Waals surface area (Å²) in [5.41, 5.74) is 0.415. The molecule has 0 amide bonds. The first kappa shape index (κ1) is 34.0. The molecule has 3 nitrogen and oxygen atoms in total. The molecule has 0 fully saturated rings. The van der Waals surface area contributed by atoms with Crippen molar-refractivity contribution < 1.29 is 14.2 Å². The van der Waals surface area contributed by atoms with E-state index in [9.17, 15) is 0 Å². The molecule has 0 aliphatic rings. The van der Waals surface area contributed by atoms with E-state index in [1.807, 2.05) is 0 Å². The van der Waals surface area contributed by atoms with Gasteiger partial charge in [0, 0.05) is 0 Å². The maximum Gasteiger partial charge on any atom is 0.119 e. The molecule has 0 spiro atoms. The second-order valence-electron chi connectivity index (χ2n) is 16.6. The second-order valence-corrected chi connectivity index (χ2v) is 20.0. The van der Waals surface area contributed by atoms with E-state index in [-0.39, 0.29) is 21.7 Å². The maximum absolute atomic E-state index is 6.17. The van der Waals surface area contributed by atoms with Crippen molar-refractivity contribution in [1.82, 2.24) is 0 Å². The predicted molar refractivity (Wildman–Crippen MR) is 184 cm³/mol. The molecule has 0 N–H and O–H groups in total. The highest BCUT2D eigenvalue weighted by Gasteiger charge is 2.48. The van der Waals surface area contributed by atoms with Gasteiger partial charge in [0.2, 0.25) is 0 Å². The van der Waals surface area contributed by atoms with Crippen LogP contribution in [0.3, 0.4) is 0 Å². The third kappa shape index (κ3) is 10.3. The zero-order chi connectivity index (χ0) is 31.4. The molecule has 42 heavy (non-hydrogen) atoms. The fourth-order valence-corrected chi connectivity index (χ4v) is 9.56. The van der Waals surface area contributed by atoms with Crippen molar-refractivity contribution >= 4 is 23.2 Å². The Morgan fingerprint density at radius 3 is 0.810 bits per heavy atom. The monoisotopic (exact) mass is 591 g/mol. The lowest BCUT2D eigenvalue weighted by molar-refractivity contribution is 0.198. The van der Waals surface area contributed by atoms with Crippen LogP contribution in [0.5, 0.6) is 17.2 Å². The molecule has 0 aliphatic heterocycles. The Morgan fingerprint density at radius 2 is 0.619 bits per heavy atom. The lowest BCUT2D eigenvalue weighted by atomic mass is 9.99. The molecule has 0 saturated heterocycles. The molecule has 0 aromatic heterocycles. The van der Waals surface area contributed by atoms with Crippen LogP contribution in [-0.2, 0) is 0 Å². The minimum atomic E-state index is -2.06. The maximum atomic E-state index is 6.17. The van der Waals surface area contributed by atoms with Crippen molar-refractivity contribution in [1.29, 1.82) is 0 Å². The van der Waals surface area contributed by atoms with E-state index in [1.54, 1.807) is 0 Å².